The second kappa shape index (κ2) is 69.5. The summed E-state index contributed by atoms with van der Waals surface area (Å²) in [4.78, 5) is 8.20. The van der Waals surface area contributed by atoms with Crippen LogP contribution in [0, 0.1) is 20.8 Å². The van der Waals surface area contributed by atoms with Crippen LogP contribution in [0.4, 0.5) is 0 Å². The number of aryl methyl sites for hydroxylation is 4. The van der Waals surface area contributed by atoms with E-state index in [0.29, 0.717) is 5.16 Å². The lowest BCUT2D eigenvalue weighted by atomic mass is 9.78. The van der Waals surface area contributed by atoms with Crippen LogP contribution in [0.3, 0.4) is 0 Å². The Morgan fingerprint density at radius 2 is 0.587 bits per heavy atom. The highest BCUT2D eigenvalue weighted by Crippen LogP contribution is 2.49. The highest BCUT2D eigenvalue weighted by atomic mass is 79.9. The fourth-order valence-electron chi connectivity index (χ4n) is 15.8. The number of nitrogens with two attached hydrogens (primary N) is 1. The van der Waals surface area contributed by atoms with E-state index < -0.39 is 0 Å². The van der Waals surface area contributed by atoms with Gasteiger partial charge in [-0.2, -0.15) is 0 Å². The van der Waals surface area contributed by atoms with Crippen molar-refractivity contribution in [3.63, 3.8) is 0 Å². The molecule has 0 aromatic heterocycles. The first-order chi connectivity index (χ1) is 58.4. The van der Waals surface area contributed by atoms with Crippen LogP contribution in [0.1, 0.15) is 274 Å². The fourth-order valence-corrected chi connectivity index (χ4v) is 21.1. The smallest absolute Gasteiger partial charge is 0.166 e. The first-order valence-electron chi connectivity index (χ1n) is 46.5. The number of hydrogen-bond acceptors (Lipinski definition) is 1. The third kappa shape index (κ3) is 40.7. The second-order valence-corrected chi connectivity index (χ2v) is 39.3. The molecule has 0 fully saturated rings. The van der Waals surface area contributed by atoms with Crippen LogP contribution in [-0.4, -0.2) is 35.8 Å². The van der Waals surface area contributed by atoms with Crippen LogP contribution < -0.4 is 47.5 Å². The molecule has 0 heterocycles. The zero-order chi connectivity index (χ0) is 86.5. The van der Waals surface area contributed by atoms with Gasteiger partial charge in [-0.25, -0.2) is 0 Å². The molecule has 2 N–H and O–H groups in total. The van der Waals surface area contributed by atoms with E-state index >= 15 is 0 Å². The number of rotatable bonds is 42. The molecule has 0 spiro atoms. The Labute approximate surface area is 821 Å². The van der Waals surface area contributed by atoms with Crippen molar-refractivity contribution in [2.75, 3.05) is 26.2 Å². The molecule has 11 aromatic rings. The predicted molar refractivity (Wildman–Crippen MR) is 563 cm³/mol. The molecule has 12 heteroatoms. The Morgan fingerprint density at radius 1 is 0.317 bits per heavy atom. The normalized spacial score (nSPS) is 10.8. The second-order valence-electron chi connectivity index (χ2n) is 33.3. The van der Waals surface area contributed by atoms with E-state index in [4.69, 9.17) is 5.73 Å². The van der Waals surface area contributed by atoms with E-state index in [1.54, 1.807) is 0 Å². The summed E-state index contributed by atoms with van der Waals surface area (Å²) in [6.07, 6.45) is 33.5. The molecular formula is C114H160BrCl5N2P2S2. The number of allylic oxidation sites excluding steroid dienone is 1. The highest BCUT2D eigenvalue weighted by Gasteiger charge is 2.35. The van der Waals surface area contributed by atoms with Crippen molar-refractivity contribution in [2.45, 2.75) is 302 Å². The first-order valence-corrected chi connectivity index (χ1v) is 50.1. The molecule has 11 rings (SSSR count). The average Bonchev–Trinajstić information content (AvgIpc) is 0.751. The van der Waals surface area contributed by atoms with Crippen molar-refractivity contribution < 1.29 is 46.3 Å². The Balaban J connectivity index is 0.00000149. The highest BCUT2D eigenvalue weighted by molar-refractivity contribution is 7.97. The number of benzene rings is 11. The van der Waals surface area contributed by atoms with Crippen molar-refractivity contribution in [3.05, 3.63) is 360 Å². The van der Waals surface area contributed by atoms with Gasteiger partial charge in [0.05, 0.1) is 53.1 Å². The lowest BCUT2D eigenvalue weighted by Crippen LogP contribution is -3.00. The van der Waals surface area contributed by atoms with Gasteiger partial charge < -0.3 is 52.0 Å². The summed E-state index contributed by atoms with van der Waals surface area (Å²) in [5.74, 6) is 0. The van der Waals surface area contributed by atoms with Crippen molar-refractivity contribution in [1.82, 2.24) is 0 Å². The lowest BCUT2D eigenvalue weighted by molar-refractivity contribution is -0.929. The van der Waals surface area contributed by atoms with Gasteiger partial charge in [-0.1, -0.05) is 418 Å². The summed E-state index contributed by atoms with van der Waals surface area (Å²) in [5, 5.41) is 0.0240. The molecule has 0 aliphatic rings. The van der Waals surface area contributed by atoms with Crippen LogP contribution in [0.25, 0.3) is 11.1 Å². The topological polar surface area (TPSA) is 26.0 Å². The summed E-state index contributed by atoms with van der Waals surface area (Å²) in [6.45, 7) is 39.4. The van der Waals surface area contributed by atoms with Crippen molar-refractivity contribution >= 4 is 77.5 Å². The van der Waals surface area contributed by atoms with Gasteiger partial charge in [0.2, 0.25) is 0 Å². The molecule has 11 aromatic carbocycles. The molecule has 0 aliphatic carbocycles. The van der Waals surface area contributed by atoms with E-state index in [-0.39, 0.29) is 112 Å². The summed E-state index contributed by atoms with van der Waals surface area (Å²) in [5.41, 5.74) is 21.3. The predicted octanol–water partition coefficient (Wildman–Crippen LogP) is 25.6. The summed E-state index contributed by atoms with van der Waals surface area (Å²) < 4.78 is 1.42. The molecule has 0 saturated heterocycles. The number of unbranched alkanes of at least 4 members (excludes halogenated alkanes) is 10. The standard InChI is InChI=1S/C25H21P.C21H21S.C19H33N.C18H15S.C16H36N.C15H31P.BrH.5ClH/c26-25(21-14-6-2-7-15-21,22-16-8-3-9-17-22)24-19-11-10-18-23(24)20-12-4-1-5-13-20;1-16-4-10-19(11-5-16)22(20-12-6-17(2)7-13-20)21-14-8-18(3)9-15-21;1-4-7-12-17-13-10-11-14-18(17)19(20,15-8-5-2)16-9-6-3;1-4-10-16(11-5-1)19(17-12-6-2-7-13-17)18-14-8-3-9-15-18;1-5-9-13-17(14-10-6-2,15-11-7-3)16-12-8-4;1-5-8-11-14(4)15(16,12-9-6-2)13-10-7-3;;;;;;/h1-19H,26H2;4-15H,1-3H3;10-11,13-14H,4-9,12,15-16,20H2,1-3H3;1-15H;5-16H2,1-4H3;4-13,16H2,1-3H3;6*1H/q;+1;;2*+1;;;;;;;/p-3. The molecule has 0 bridgehead atoms. The SMILES string of the molecule is C=C(CCCC)C(P)(CCCC)CCCC.CCCC[N+](CCCC)(CCCC)CCCC.CCCCc1ccccc1C(N)(CCCC)CCCC.Cc1ccc([S+](c2ccc(C)cc2)c2ccc(C)cc2)cc1.Cl.Cl.Cl.PC(c1ccccc1)(c1ccccc1)c1ccccc1-c1ccccc1.[Br-].[Cl-].[Cl-].c1ccc([S+](c2ccccc2)c2ccccc2)cc1. The maximum atomic E-state index is 6.86. The van der Waals surface area contributed by atoms with Gasteiger partial charge in [-0.05, 0) is 210 Å². The number of hydrogen-bond donors (Lipinski definition) is 1. The molecule has 0 saturated carbocycles. The van der Waals surface area contributed by atoms with E-state index in [2.05, 4.69) is 418 Å². The van der Waals surface area contributed by atoms with E-state index in [1.807, 2.05) is 0 Å². The van der Waals surface area contributed by atoms with E-state index in [1.165, 1.54) is 275 Å². The molecule has 690 valence electrons. The molecular weight excluding hydrogens is 1780 g/mol. The minimum Gasteiger partial charge on any atom is -1.00 e. The quantitative estimate of drug-likeness (QED) is 0.0133. The van der Waals surface area contributed by atoms with Gasteiger partial charge in [-0.15, -0.1) is 55.7 Å². The van der Waals surface area contributed by atoms with E-state index in [9.17, 15) is 0 Å². The Hall–Kier alpha value is -5.43. The third-order valence-corrected chi connectivity index (χ3v) is 29.8. The fraction of sp³-hybridized carbons (Fsp3) is 0.404. The zero-order valence-corrected chi connectivity index (χ0v) is 88.6. The molecule has 0 amide bonds. The van der Waals surface area contributed by atoms with Crippen molar-refractivity contribution in [2.24, 2.45) is 5.73 Å². The summed E-state index contributed by atoms with van der Waals surface area (Å²) >= 11 is 0. The Kier molecular flexibility index (Phi) is 66.5. The zero-order valence-electron chi connectivity index (χ0n) is 79.1. The van der Waals surface area contributed by atoms with Gasteiger partial charge in [0.25, 0.3) is 0 Å². The number of halogens is 6. The maximum absolute atomic E-state index is 6.86. The van der Waals surface area contributed by atoms with Crippen LogP contribution in [0.2, 0.25) is 0 Å². The molecule has 0 radical (unpaired) electrons. The van der Waals surface area contributed by atoms with Crippen LogP contribution in [0.5, 0.6) is 0 Å². The monoisotopic (exact) mass is 1940 g/mol. The van der Waals surface area contributed by atoms with Gasteiger partial charge in [0.1, 0.15) is 0 Å². The van der Waals surface area contributed by atoms with Gasteiger partial charge in [0.15, 0.2) is 29.4 Å². The summed E-state index contributed by atoms with van der Waals surface area (Å²) in [7, 11) is 6.22. The van der Waals surface area contributed by atoms with Gasteiger partial charge in [0, 0.05) is 10.7 Å². The molecule has 2 atom stereocenters. The largest absolute Gasteiger partial charge is 1.00 e. The Morgan fingerprint density at radius 3 is 0.913 bits per heavy atom. The average molecular weight is 1940 g/mol. The van der Waals surface area contributed by atoms with Gasteiger partial charge in [-0.3, -0.25) is 0 Å². The van der Waals surface area contributed by atoms with Crippen LogP contribution in [0.15, 0.2) is 345 Å². The van der Waals surface area contributed by atoms with Gasteiger partial charge >= 0.3 is 0 Å². The molecule has 2 unspecified atom stereocenters. The van der Waals surface area contributed by atoms with Crippen molar-refractivity contribution in [3.8, 4) is 11.1 Å². The summed E-state index contributed by atoms with van der Waals surface area (Å²) in [6, 6.07) is 109. The van der Waals surface area contributed by atoms with Crippen LogP contribution >= 0.6 is 55.7 Å². The minimum absolute atomic E-state index is 0. The van der Waals surface area contributed by atoms with Crippen LogP contribution in [-0.2, 0) is 38.9 Å². The maximum Gasteiger partial charge on any atom is 0.166 e. The first kappa shape index (κ1) is 121. The lowest BCUT2D eigenvalue weighted by Gasteiger charge is -2.39. The number of nitrogens with zero attached hydrogens (tertiary/aromatic N) is 1. The molecule has 2 nitrogen and oxygen atoms in total. The molecule has 0 aliphatic heterocycles. The van der Waals surface area contributed by atoms with E-state index in [0.717, 1.165) is 12.8 Å². The third-order valence-electron chi connectivity index (χ3n) is 23.3. The number of quaternary nitrogens is 1. The minimum atomic E-state index is -0.311. The Bertz CT molecular complexity index is 4160. The molecule has 126 heavy (non-hydrogen) atoms. The van der Waals surface area contributed by atoms with Crippen molar-refractivity contribution in [1.29, 1.82) is 0 Å².